The predicted octanol–water partition coefficient (Wildman–Crippen LogP) is 1.71. The zero-order valence-corrected chi connectivity index (χ0v) is 11.7. The first-order valence-corrected chi connectivity index (χ1v) is 6.25. The Labute approximate surface area is 118 Å². The molecule has 0 aliphatic carbocycles. The first kappa shape index (κ1) is 15.5. The van der Waals surface area contributed by atoms with Crippen molar-refractivity contribution in [2.24, 2.45) is 0 Å². The van der Waals surface area contributed by atoms with E-state index in [1.165, 1.54) is 0 Å². The normalized spacial score (nSPS) is 10.2. The quantitative estimate of drug-likeness (QED) is 0.707. The van der Waals surface area contributed by atoms with Gasteiger partial charge in [0.15, 0.2) is 5.69 Å². The zero-order chi connectivity index (χ0) is 12.8. The van der Waals surface area contributed by atoms with E-state index in [2.05, 4.69) is 27.8 Å². The molecule has 3 N–H and O–H groups in total. The number of aromatic nitrogens is 2. The smallest absolute Gasteiger partial charge is 0.272 e. The summed E-state index contributed by atoms with van der Waals surface area (Å²) < 4.78 is 0. The largest absolute Gasteiger partial charge is 0.349 e. The van der Waals surface area contributed by atoms with E-state index in [0.29, 0.717) is 12.2 Å². The first-order chi connectivity index (χ1) is 8.83. The van der Waals surface area contributed by atoms with Gasteiger partial charge in [0, 0.05) is 18.5 Å². The number of hydrogen-bond acceptors (Lipinski definition) is 3. The molecule has 0 radical (unpaired) electrons. The molecule has 1 aromatic heterocycles. The molecule has 1 aromatic carbocycles. The summed E-state index contributed by atoms with van der Waals surface area (Å²) in [7, 11) is 0. The molecule has 0 fully saturated rings. The minimum Gasteiger partial charge on any atom is -0.349 e. The molecule has 0 saturated carbocycles. The van der Waals surface area contributed by atoms with Gasteiger partial charge in [-0.15, -0.1) is 12.4 Å². The van der Waals surface area contributed by atoms with Crippen molar-refractivity contribution in [1.82, 2.24) is 20.8 Å². The minimum atomic E-state index is -0.134. The summed E-state index contributed by atoms with van der Waals surface area (Å²) in [6.45, 7) is 4.48. The van der Waals surface area contributed by atoms with E-state index in [4.69, 9.17) is 0 Å². The Balaban J connectivity index is 0.00000180. The lowest BCUT2D eigenvalue weighted by molar-refractivity contribution is 0.0950. The molecule has 5 nitrogen and oxygen atoms in total. The van der Waals surface area contributed by atoms with Gasteiger partial charge in [-0.05, 0) is 19.0 Å². The summed E-state index contributed by atoms with van der Waals surface area (Å²) in [6, 6.07) is 7.61. The molecule has 0 saturated heterocycles. The van der Waals surface area contributed by atoms with E-state index >= 15 is 0 Å². The van der Waals surface area contributed by atoms with Crippen molar-refractivity contribution in [3.63, 3.8) is 0 Å². The van der Waals surface area contributed by atoms with Crippen LogP contribution in [0.25, 0.3) is 10.9 Å². The molecule has 0 spiro atoms. The van der Waals surface area contributed by atoms with Crippen molar-refractivity contribution in [2.75, 3.05) is 19.6 Å². The van der Waals surface area contributed by atoms with Gasteiger partial charge in [-0.3, -0.25) is 9.89 Å². The van der Waals surface area contributed by atoms with Crippen LogP contribution >= 0.6 is 12.4 Å². The lowest BCUT2D eigenvalue weighted by atomic mass is 10.2. The predicted molar refractivity (Wildman–Crippen MR) is 78.8 cm³/mol. The molecule has 19 heavy (non-hydrogen) atoms. The maximum Gasteiger partial charge on any atom is 0.272 e. The lowest BCUT2D eigenvalue weighted by Gasteiger charge is -2.04. The Morgan fingerprint density at radius 1 is 1.26 bits per heavy atom. The number of H-pyrrole nitrogens is 1. The number of carbonyl (C=O) groups is 1. The highest BCUT2D eigenvalue weighted by molar-refractivity contribution is 6.04. The van der Waals surface area contributed by atoms with Crippen molar-refractivity contribution in [3.8, 4) is 0 Å². The number of carbonyl (C=O) groups excluding carboxylic acids is 1. The third-order valence-electron chi connectivity index (χ3n) is 2.70. The molecule has 0 unspecified atom stereocenters. The van der Waals surface area contributed by atoms with Crippen molar-refractivity contribution < 1.29 is 4.79 Å². The summed E-state index contributed by atoms with van der Waals surface area (Å²) >= 11 is 0. The van der Waals surface area contributed by atoms with E-state index in [9.17, 15) is 4.79 Å². The van der Waals surface area contributed by atoms with Gasteiger partial charge in [0.25, 0.3) is 5.91 Å². The molecule has 0 bridgehead atoms. The molecule has 6 heteroatoms. The molecule has 2 aromatic rings. The second-order valence-corrected chi connectivity index (χ2v) is 4.12. The van der Waals surface area contributed by atoms with E-state index in [0.717, 1.165) is 30.4 Å². The van der Waals surface area contributed by atoms with Crippen LogP contribution in [0.15, 0.2) is 24.3 Å². The molecule has 0 aliphatic rings. The van der Waals surface area contributed by atoms with Crippen molar-refractivity contribution in [3.05, 3.63) is 30.0 Å². The van der Waals surface area contributed by atoms with Gasteiger partial charge in [-0.1, -0.05) is 25.1 Å². The molecule has 2 rings (SSSR count). The molecular weight excluding hydrogens is 264 g/mol. The summed E-state index contributed by atoms with van der Waals surface area (Å²) in [5.74, 6) is -0.134. The molecule has 0 atom stereocenters. The minimum absolute atomic E-state index is 0. The first-order valence-electron chi connectivity index (χ1n) is 6.25. The SMILES string of the molecule is CCCNCCNC(=O)c1n[nH]c2ccccc12.Cl. The summed E-state index contributed by atoms with van der Waals surface area (Å²) in [5.41, 5.74) is 1.34. The van der Waals surface area contributed by atoms with Gasteiger partial charge in [-0.2, -0.15) is 5.10 Å². The number of rotatable bonds is 6. The molecular formula is C13H19ClN4O. The Morgan fingerprint density at radius 3 is 2.84 bits per heavy atom. The van der Waals surface area contributed by atoms with Crippen LogP contribution in [-0.4, -0.2) is 35.7 Å². The highest BCUT2D eigenvalue weighted by Gasteiger charge is 2.12. The van der Waals surface area contributed by atoms with Crippen molar-refractivity contribution >= 4 is 29.2 Å². The van der Waals surface area contributed by atoms with Crippen molar-refractivity contribution in [2.45, 2.75) is 13.3 Å². The lowest BCUT2D eigenvalue weighted by Crippen LogP contribution is -2.32. The summed E-state index contributed by atoms with van der Waals surface area (Å²) in [4.78, 5) is 11.9. The number of benzene rings is 1. The number of hydrogen-bond donors (Lipinski definition) is 3. The highest BCUT2D eigenvalue weighted by Crippen LogP contribution is 2.14. The van der Waals surface area contributed by atoms with E-state index in [-0.39, 0.29) is 18.3 Å². The topological polar surface area (TPSA) is 69.8 Å². The number of fused-ring (bicyclic) bond motifs is 1. The van der Waals surface area contributed by atoms with Crippen LogP contribution in [0, 0.1) is 0 Å². The third-order valence-corrected chi connectivity index (χ3v) is 2.70. The fraction of sp³-hybridized carbons (Fsp3) is 0.385. The number of amides is 1. The average molecular weight is 283 g/mol. The van der Waals surface area contributed by atoms with Crippen LogP contribution in [0.5, 0.6) is 0 Å². The van der Waals surface area contributed by atoms with Crippen molar-refractivity contribution in [1.29, 1.82) is 0 Å². The number of halogens is 1. The van der Waals surface area contributed by atoms with Gasteiger partial charge in [0.05, 0.1) is 5.52 Å². The standard InChI is InChI=1S/C13H18N4O.ClH/c1-2-7-14-8-9-15-13(18)12-10-5-3-4-6-11(10)16-17-12;/h3-6,14H,2,7-9H2,1H3,(H,15,18)(H,16,17);1H. The van der Waals surface area contributed by atoms with Gasteiger partial charge in [-0.25, -0.2) is 0 Å². The van der Waals surface area contributed by atoms with Crippen LogP contribution in [0.1, 0.15) is 23.8 Å². The Kier molecular flexibility index (Phi) is 6.32. The summed E-state index contributed by atoms with van der Waals surface area (Å²) in [6.07, 6.45) is 1.10. The van der Waals surface area contributed by atoms with Gasteiger partial charge in [0.2, 0.25) is 0 Å². The van der Waals surface area contributed by atoms with Crippen LogP contribution in [0.2, 0.25) is 0 Å². The number of nitrogens with one attached hydrogen (secondary N) is 3. The van der Waals surface area contributed by atoms with Crippen LogP contribution in [0.4, 0.5) is 0 Å². The van der Waals surface area contributed by atoms with Gasteiger partial charge < -0.3 is 10.6 Å². The fourth-order valence-electron chi connectivity index (χ4n) is 1.79. The Bertz CT molecular complexity index is 526. The fourth-order valence-corrected chi connectivity index (χ4v) is 1.79. The Hall–Kier alpha value is -1.59. The van der Waals surface area contributed by atoms with Crippen LogP contribution < -0.4 is 10.6 Å². The number of aromatic amines is 1. The zero-order valence-electron chi connectivity index (χ0n) is 10.9. The molecule has 1 heterocycles. The maximum atomic E-state index is 11.9. The van der Waals surface area contributed by atoms with E-state index in [1.54, 1.807) is 0 Å². The highest BCUT2D eigenvalue weighted by atomic mass is 35.5. The number of para-hydroxylation sites is 1. The number of nitrogens with zero attached hydrogens (tertiary/aromatic N) is 1. The Morgan fingerprint density at radius 2 is 2.05 bits per heavy atom. The maximum absolute atomic E-state index is 11.9. The van der Waals surface area contributed by atoms with Gasteiger partial charge >= 0.3 is 0 Å². The summed E-state index contributed by atoms with van der Waals surface area (Å²) in [5, 5.41) is 13.8. The second-order valence-electron chi connectivity index (χ2n) is 4.12. The molecule has 1 amide bonds. The monoisotopic (exact) mass is 282 g/mol. The van der Waals surface area contributed by atoms with Crippen LogP contribution in [-0.2, 0) is 0 Å². The average Bonchev–Trinajstić information content (AvgIpc) is 2.82. The second kappa shape index (κ2) is 7.76. The molecule has 104 valence electrons. The van der Waals surface area contributed by atoms with E-state index < -0.39 is 0 Å². The molecule has 0 aliphatic heterocycles. The van der Waals surface area contributed by atoms with E-state index in [1.807, 2.05) is 24.3 Å². The van der Waals surface area contributed by atoms with Crippen LogP contribution in [0.3, 0.4) is 0 Å². The van der Waals surface area contributed by atoms with Gasteiger partial charge in [0.1, 0.15) is 0 Å². The third kappa shape index (κ3) is 3.94.